The molecule has 1 atom stereocenters. The number of hydrogen-bond acceptors (Lipinski definition) is 6. The van der Waals surface area contributed by atoms with Crippen LogP contribution in [0.15, 0.2) is 82.6 Å². The van der Waals surface area contributed by atoms with Gasteiger partial charge in [0, 0.05) is 28.4 Å². The van der Waals surface area contributed by atoms with Gasteiger partial charge in [-0.1, -0.05) is 36.0 Å². The van der Waals surface area contributed by atoms with Crippen LogP contribution in [0.5, 0.6) is 5.75 Å². The molecule has 1 N–H and O–H groups in total. The molecule has 6 nitrogen and oxygen atoms in total. The highest BCUT2D eigenvalue weighted by Gasteiger charge is 2.33. The molecule has 0 radical (unpaired) electrons. The van der Waals surface area contributed by atoms with Crippen molar-refractivity contribution in [1.29, 1.82) is 0 Å². The highest BCUT2D eigenvalue weighted by atomic mass is 32.2. The molecular formula is C26H22F3N5OS. The summed E-state index contributed by atoms with van der Waals surface area (Å²) in [5.41, 5.74) is 3.04. The van der Waals surface area contributed by atoms with Gasteiger partial charge in [0.15, 0.2) is 5.82 Å². The first-order chi connectivity index (χ1) is 17.4. The number of piperidine rings is 1. The molecule has 184 valence electrons. The van der Waals surface area contributed by atoms with Crippen molar-refractivity contribution in [3.63, 3.8) is 0 Å². The van der Waals surface area contributed by atoms with Gasteiger partial charge >= 0.3 is 6.36 Å². The number of fused-ring (bicyclic) bond motifs is 2. The second kappa shape index (κ2) is 9.09. The van der Waals surface area contributed by atoms with Crippen molar-refractivity contribution in [2.24, 2.45) is 0 Å². The molecular weight excluding hydrogens is 487 g/mol. The minimum absolute atomic E-state index is 0.245. The maximum atomic E-state index is 12.4. The smallest absolute Gasteiger partial charge is 0.406 e. The third kappa shape index (κ3) is 4.48. The zero-order valence-electron chi connectivity index (χ0n) is 19.1. The topological polar surface area (TPSA) is 57.3 Å². The maximum Gasteiger partial charge on any atom is 0.573 e. The third-order valence-corrected chi connectivity index (χ3v) is 7.48. The van der Waals surface area contributed by atoms with Crippen LogP contribution in [0.3, 0.4) is 0 Å². The van der Waals surface area contributed by atoms with Gasteiger partial charge in [0.05, 0.1) is 17.4 Å². The van der Waals surface area contributed by atoms with E-state index in [-0.39, 0.29) is 11.8 Å². The van der Waals surface area contributed by atoms with E-state index in [2.05, 4.69) is 78.2 Å². The van der Waals surface area contributed by atoms with Crippen molar-refractivity contribution in [2.45, 2.75) is 35.0 Å². The van der Waals surface area contributed by atoms with Crippen molar-refractivity contribution in [3.8, 4) is 17.1 Å². The van der Waals surface area contributed by atoms with Gasteiger partial charge in [-0.3, -0.25) is 0 Å². The van der Waals surface area contributed by atoms with Crippen LogP contribution < -0.4 is 14.5 Å². The van der Waals surface area contributed by atoms with Gasteiger partial charge in [0.2, 0.25) is 5.95 Å². The monoisotopic (exact) mass is 509 g/mol. The minimum atomic E-state index is -4.72. The largest absolute Gasteiger partial charge is 0.573 e. The van der Waals surface area contributed by atoms with Crippen LogP contribution >= 0.6 is 11.8 Å². The van der Waals surface area contributed by atoms with E-state index in [1.807, 2.05) is 0 Å². The molecule has 4 aromatic rings. The predicted molar refractivity (Wildman–Crippen MR) is 133 cm³/mol. The van der Waals surface area contributed by atoms with Crippen molar-refractivity contribution in [2.75, 3.05) is 22.9 Å². The number of para-hydroxylation sites is 2. The van der Waals surface area contributed by atoms with E-state index in [1.165, 1.54) is 45.4 Å². The summed E-state index contributed by atoms with van der Waals surface area (Å²) >= 11 is 1.80. The number of aromatic amines is 1. The Morgan fingerprint density at radius 1 is 0.917 bits per heavy atom. The lowest BCUT2D eigenvalue weighted by atomic mass is 10.0. The lowest BCUT2D eigenvalue weighted by Crippen LogP contribution is -2.47. The van der Waals surface area contributed by atoms with Gasteiger partial charge in [-0.05, 0) is 61.4 Å². The van der Waals surface area contributed by atoms with Crippen LogP contribution in [0.1, 0.15) is 12.8 Å². The van der Waals surface area contributed by atoms with E-state index in [9.17, 15) is 13.2 Å². The molecule has 36 heavy (non-hydrogen) atoms. The zero-order chi connectivity index (χ0) is 24.7. The van der Waals surface area contributed by atoms with Gasteiger partial charge in [0.25, 0.3) is 0 Å². The normalized spacial score (nSPS) is 17.5. The molecule has 1 fully saturated rings. The predicted octanol–water partition coefficient (Wildman–Crippen LogP) is 6.64. The Labute approximate surface area is 210 Å². The van der Waals surface area contributed by atoms with Crippen molar-refractivity contribution < 1.29 is 17.9 Å². The van der Waals surface area contributed by atoms with Crippen molar-refractivity contribution >= 4 is 29.1 Å². The Kier molecular flexibility index (Phi) is 5.75. The Morgan fingerprint density at radius 3 is 2.25 bits per heavy atom. The number of ether oxygens (including phenoxy) is 1. The molecule has 2 aliphatic heterocycles. The molecule has 0 spiro atoms. The van der Waals surface area contributed by atoms with E-state index < -0.39 is 6.36 Å². The summed E-state index contributed by atoms with van der Waals surface area (Å²) < 4.78 is 41.3. The number of nitrogens with one attached hydrogen (secondary N) is 1. The lowest BCUT2D eigenvalue weighted by Gasteiger charge is -2.43. The fraction of sp³-hybridized carbons (Fsp3) is 0.231. The zero-order valence-corrected chi connectivity index (χ0v) is 19.9. The summed E-state index contributed by atoms with van der Waals surface area (Å²) in [5.74, 6) is 0.801. The average molecular weight is 510 g/mol. The number of H-pyrrole nitrogens is 1. The first-order valence-corrected chi connectivity index (χ1v) is 12.4. The number of alkyl halides is 3. The molecule has 0 amide bonds. The van der Waals surface area contributed by atoms with Gasteiger partial charge in [0.1, 0.15) is 5.75 Å². The van der Waals surface area contributed by atoms with Gasteiger partial charge in [-0.25, -0.2) is 5.10 Å². The summed E-state index contributed by atoms with van der Waals surface area (Å²) in [7, 11) is 0. The quantitative estimate of drug-likeness (QED) is 0.333. The lowest BCUT2D eigenvalue weighted by molar-refractivity contribution is -0.274. The van der Waals surface area contributed by atoms with Crippen LogP contribution in [-0.2, 0) is 0 Å². The van der Waals surface area contributed by atoms with Gasteiger partial charge in [-0.15, -0.1) is 13.2 Å². The second-order valence-electron chi connectivity index (χ2n) is 8.70. The number of halogens is 3. The number of hydrogen-bond donors (Lipinski definition) is 1. The van der Waals surface area contributed by atoms with Crippen LogP contribution in [0.4, 0.5) is 30.5 Å². The molecule has 0 bridgehead atoms. The van der Waals surface area contributed by atoms with Crippen molar-refractivity contribution in [3.05, 3.63) is 72.8 Å². The SMILES string of the molecule is FC(F)(F)Oc1ccc(-c2n[nH]c(N3CCCC(N4c5ccccc5Sc5ccccc54)C3)n2)cc1. The summed E-state index contributed by atoms with van der Waals surface area (Å²) in [6, 6.07) is 22.8. The van der Waals surface area contributed by atoms with E-state index in [4.69, 9.17) is 0 Å². The number of aromatic nitrogens is 3. The Balaban J connectivity index is 1.23. The molecule has 2 aliphatic rings. The standard InChI is InChI=1S/C26H22F3N5OS/c27-26(28,29)35-19-13-11-17(12-14-19)24-30-25(32-31-24)33-15-5-6-18(16-33)34-20-7-1-3-9-22(20)36-23-10-4-2-8-21(23)34/h1-4,7-14,18H,5-6,15-16H2,(H,30,31,32). The van der Waals surface area contributed by atoms with Crippen LogP contribution in [0.2, 0.25) is 0 Å². The van der Waals surface area contributed by atoms with Gasteiger partial charge in [-0.2, -0.15) is 10.1 Å². The molecule has 6 rings (SSSR count). The van der Waals surface area contributed by atoms with Crippen LogP contribution in [0.25, 0.3) is 11.4 Å². The highest BCUT2D eigenvalue weighted by molar-refractivity contribution is 7.99. The summed E-state index contributed by atoms with van der Waals surface area (Å²) in [4.78, 5) is 11.8. The molecule has 10 heteroatoms. The number of nitrogens with zero attached hydrogens (tertiary/aromatic N) is 4. The number of benzene rings is 3. The Bertz CT molecular complexity index is 1330. The first kappa shape index (κ1) is 22.8. The van der Waals surface area contributed by atoms with Gasteiger partial charge < -0.3 is 14.5 Å². The van der Waals surface area contributed by atoms with E-state index in [0.29, 0.717) is 17.3 Å². The second-order valence-corrected chi connectivity index (χ2v) is 9.79. The van der Waals surface area contributed by atoms with Crippen molar-refractivity contribution in [1.82, 2.24) is 15.2 Å². The number of rotatable bonds is 4. The number of anilines is 3. The third-order valence-electron chi connectivity index (χ3n) is 6.35. The van der Waals surface area contributed by atoms with E-state index in [0.717, 1.165) is 25.9 Å². The maximum absolute atomic E-state index is 12.4. The summed E-state index contributed by atoms with van der Waals surface area (Å²) in [6.07, 6.45) is -2.68. The minimum Gasteiger partial charge on any atom is -0.406 e. The molecule has 3 heterocycles. The highest BCUT2D eigenvalue weighted by Crippen LogP contribution is 2.49. The molecule has 1 unspecified atom stereocenters. The van der Waals surface area contributed by atoms with E-state index >= 15 is 0 Å². The molecule has 0 aliphatic carbocycles. The Hall–Kier alpha value is -3.66. The first-order valence-electron chi connectivity index (χ1n) is 11.6. The fourth-order valence-electron chi connectivity index (χ4n) is 4.81. The average Bonchev–Trinajstić information content (AvgIpc) is 3.37. The molecule has 3 aromatic carbocycles. The molecule has 1 saturated heterocycles. The van der Waals surface area contributed by atoms with E-state index in [1.54, 1.807) is 11.8 Å². The fourth-order valence-corrected chi connectivity index (χ4v) is 5.89. The van der Waals surface area contributed by atoms with Crippen LogP contribution in [-0.4, -0.2) is 40.7 Å². The molecule has 0 saturated carbocycles. The summed E-state index contributed by atoms with van der Waals surface area (Å²) in [6.45, 7) is 1.61. The Morgan fingerprint density at radius 2 is 1.58 bits per heavy atom. The summed E-state index contributed by atoms with van der Waals surface area (Å²) in [5, 5.41) is 7.34. The van der Waals surface area contributed by atoms with Crippen LogP contribution in [0, 0.1) is 0 Å². The molecule has 1 aromatic heterocycles.